The lowest BCUT2D eigenvalue weighted by molar-refractivity contribution is 1.48. The van der Waals surface area contributed by atoms with E-state index in [-0.39, 0.29) is 0 Å². The molecule has 1 rings (SSSR count). The van der Waals surface area contributed by atoms with Gasteiger partial charge in [-0.1, -0.05) is 12.2 Å². The molecule has 0 aliphatic carbocycles. The monoisotopic (exact) mass is 160 g/mol. The Morgan fingerprint density at radius 2 is 2.25 bits per heavy atom. The van der Waals surface area contributed by atoms with E-state index in [4.69, 9.17) is 0 Å². The average Bonchev–Trinajstić information content (AvgIpc) is 2.15. The van der Waals surface area contributed by atoms with Crippen molar-refractivity contribution in [1.82, 2.24) is 0 Å². The van der Waals surface area contributed by atoms with E-state index in [9.17, 15) is 0 Å². The van der Waals surface area contributed by atoms with E-state index >= 15 is 0 Å². The third-order valence-electron chi connectivity index (χ3n) is 1.50. The molecule has 1 heterocycles. The van der Waals surface area contributed by atoms with Crippen LogP contribution in [0, 0.1) is 0 Å². The van der Waals surface area contributed by atoms with Crippen LogP contribution in [0.5, 0.6) is 0 Å². The van der Waals surface area contributed by atoms with Gasteiger partial charge in [0.1, 0.15) is 0 Å². The van der Waals surface area contributed by atoms with Crippen molar-refractivity contribution < 1.29 is 0 Å². The van der Waals surface area contributed by atoms with Gasteiger partial charge in [0.25, 0.3) is 0 Å². The summed E-state index contributed by atoms with van der Waals surface area (Å²) >= 11 is 0. The summed E-state index contributed by atoms with van der Waals surface area (Å²) in [6.07, 6.45) is 11.1. The van der Waals surface area contributed by atoms with E-state index in [1.165, 1.54) is 0 Å². The van der Waals surface area contributed by atoms with Gasteiger partial charge in [-0.05, 0) is 19.9 Å². The molecule has 0 aromatic rings. The van der Waals surface area contributed by atoms with Crippen molar-refractivity contribution in [3.63, 3.8) is 0 Å². The zero-order chi connectivity index (χ0) is 8.81. The number of nitrogens with zero attached hydrogens (tertiary/aromatic N) is 2. The summed E-state index contributed by atoms with van der Waals surface area (Å²) in [5.41, 5.74) is 2.03. The van der Waals surface area contributed by atoms with Crippen LogP contribution in [-0.4, -0.2) is 11.9 Å². The Morgan fingerprint density at radius 3 is 2.92 bits per heavy atom. The molecule has 1 aliphatic rings. The van der Waals surface area contributed by atoms with Crippen LogP contribution < -0.4 is 0 Å². The second kappa shape index (κ2) is 4.44. The molecule has 0 amide bonds. The van der Waals surface area contributed by atoms with E-state index in [0.29, 0.717) is 0 Å². The maximum absolute atomic E-state index is 4.24. The molecular weight excluding hydrogens is 148 g/mol. The van der Waals surface area contributed by atoms with Gasteiger partial charge in [0.15, 0.2) is 0 Å². The standard InChI is InChI=1S/C10H12N2/c1-3-6-12-10-5-7-11-8-9(10)4-2/h3-8H,1-2H3/b6-3-,9-4-,12-10+. The molecule has 2 heteroatoms. The maximum atomic E-state index is 4.24. The Morgan fingerprint density at radius 1 is 1.42 bits per heavy atom. The molecule has 0 N–H and O–H groups in total. The molecule has 12 heavy (non-hydrogen) atoms. The topological polar surface area (TPSA) is 24.7 Å². The van der Waals surface area contributed by atoms with Crippen LogP contribution >= 0.6 is 0 Å². The normalized spacial score (nSPS) is 23.2. The average molecular weight is 160 g/mol. The summed E-state index contributed by atoms with van der Waals surface area (Å²) in [7, 11) is 0. The molecule has 0 spiro atoms. The van der Waals surface area contributed by atoms with Crippen molar-refractivity contribution in [3.05, 3.63) is 36.2 Å². The zero-order valence-electron chi connectivity index (χ0n) is 7.36. The predicted octanol–water partition coefficient (Wildman–Crippen LogP) is 2.51. The molecule has 0 atom stereocenters. The van der Waals surface area contributed by atoms with E-state index in [1.54, 1.807) is 12.4 Å². The van der Waals surface area contributed by atoms with Gasteiger partial charge in [0.05, 0.1) is 5.71 Å². The molecule has 1 aliphatic heterocycles. The molecular formula is C10H12N2. The fourth-order valence-corrected chi connectivity index (χ4v) is 0.894. The highest BCUT2D eigenvalue weighted by Gasteiger charge is 2.01. The fraction of sp³-hybridized carbons (Fsp3) is 0.200. The van der Waals surface area contributed by atoms with Gasteiger partial charge in [-0.3, -0.25) is 9.98 Å². The predicted molar refractivity (Wildman–Crippen MR) is 53.6 cm³/mol. The lowest BCUT2D eigenvalue weighted by Crippen LogP contribution is -2.02. The third-order valence-corrected chi connectivity index (χ3v) is 1.50. The quantitative estimate of drug-likeness (QED) is 0.563. The molecule has 0 radical (unpaired) electrons. The van der Waals surface area contributed by atoms with Crippen LogP contribution in [-0.2, 0) is 0 Å². The van der Waals surface area contributed by atoms with Crippen molar-refractivity contribution in [3.8, 4) is 0 Å². The first kappa shape index (κ1) is 8.65. The lowest BCUT2D eigenvalue weighted by atomic mass is 10.1. The van der Waals surface area contributed by atoms with Crippen molar-refractivity contribution in [2.45, 2.75) is 13.8 Å². The van der Waals surface area contributed by atoms with Crippen LogP contribution in [0.3, 0.4) is 0 Å². The Hall–Kier alpha value is -1.44. The molecule has 0 saturated carbocycles. The van der Waals surface area contributed by atoms with Crippen LogP contribution in [0.4, 0.5) is 0 Å². The van der Waals surface area contributed by atoms with Gasteiger partial charge in [0, 0.05) is 24.2 Å². The first-order valence-electron chi connectivity index (χ1n) is 3.94. The van der Waals surface area contributed by atoms with Gasteiger partial charge in [-0.2, -0.15) is 0 Å². The molecule has 0 unspecified atom stereocenters. The smallest absolute Gasteiger partial charge is 0.0729 e. The van der Waals surface area contributed by atoms with Crippen LogP contribution in [0.25, 0.3) is 0 Å². The summed E-state index contributed by atoms with van der Waals surface area (Å²) in [6, 6.07) is 0. The summed E-state index contributed by atoms with van der Waals surface area (Å²) in [4.78, 5) is 8.25. The van der Waals surface area contributed by atoms with E-state index in [0.717, 1.165) is 11.3 Å². The van der Waals surface area contributed by atoms with Crippen molar-refractivity contribution in [2.75, 3.05) is 0 Å². The minimum Gasteiger partial charge on any atom is -0.264 e. The highest BCUT2D eigenvalue weighted by Crippen LogP contribution is 2.03. The Bertz CT molecular complexity index is 291. The molecule has 2 nitrogen and oxygen atoms in total. The molecule has 0 fully saturated rings. The van der Waals surface area contributed by atoms with Crippen molar-refractivity contribution in [1.29, 1.82) is 0 Å². The van der Waals surface area contributed by atoms with Gasteiger partial charge < -0.3 is 0 Å². The fourth-order valence-electron chi connectivity index (χ4n) is 0.894. The summed E-state index contributed by atoms with van der Waals surface area (Å²) in [5.74, 6) is 0. The van der Waals surface area contributed by atoms with Gasteiger partial charge >= 0.3 is 0 Å². The SMILES string of the molecule is C\C=C/N=C1\C=CN=C\C1=C\C. The highest BCUT2D eigenvalue weighted by molar-refractivity contribution is 6.22. The molecule has 0 aromatic carbocycles. The summed E-state index contributed by atoms with van der Waals surface area (Å²) in [5, 5.41) is 0. The number of aliphatic imine (C=N–C) groups is 2. The molecule has 0 aromatic heterocycles. The Kier molecular flexibility index (Phi) is 3.20. The summed E-state index contributed by atoms with van der Waals surface area (Å²) < 4.78 is 0. The largest absolute Gasteiger partial charge is 0.264 e. The van der Waals surface area contributed by atoms with Gasteiger partial charge in [-0.15, -0.1) is 0 Å². The Balaban J connectivity index is 2.90. The van der Waals surface area contributed by atoms with Crippen LogP contribution in [0.1, 0.15) is 13.8 Å². The molecule has 0 saturated heterocycles. The molecule has 62 valence electrons. The second-order valence-corrected chi connectivity index (χ2v) is 2.33. The highest BCUT2D eigenvalue weighted by atomic mass is 14.7. The number of rotatable bonds is 1. The zero-order valence-corrected chi connectivity index (χ0v) is 7.36. The number of hydrogen-bond acceptors (Lipinski definition) is 2. The van der Waals surface area contributed by atoms with E-state index < -0.39 is 0 Å². The number of allylic oxidation sites excluding steroid dienone is 4. The Labute approximate surface area is 72.7 Å². The van der Waals surface area contributed by atoms with Crippen LogP contribution in [0.15, 0.2) is 46.2 Å². The van der Waals surface area contributed by atoms with E-state index in [1.807, 2.05) is 38.3 Å². The molecule has 0 bridgehead atoms. The van der Waals surface area contributed by atoms with Gasteiger partial charge in [-0.25, -0.2) is 0 Å². The first-order valence-corrected chi connectivity index (χ1v) is 3.94. The maximum Gasteiger partial charge on any atom is 0.0729 e. The minimum atomic E-state index is 0.964. The summed E-state index contributed by atoms with van der Waals surface area (Å²) in [6.45, 7) is 3.92. The lowest BCUT2D eigenvalue weighted by Gasteiger charge is -2.02. The second-order valence-electron chi connectivity index (χ2n) is 2.33. The van der Waals surface area contributed by atoms with Gasteiger partial charge in [0.2, 0.25) is 0 Å². The van der Waals surface area contributed by atoms with Crippen molar-refractivity contribution >= 4 is 11.9 Å². The first-order chi connectivity index (χ1) is 5.88. The van der Waals surface area contributed by atoms with E-state index in [2.05, 4.69) is 9.98 Å². The minimum absolute atomic E-state index is 0.964. The number of hydrogen-bond donors (Lipinski definition) is 0. The van der Waals surface area contributed by atoms with Crippen LogP contribution in [0.2, 0.25) is 0 Å². The third kappa shape index (κ3) is 2.02. The van der Waals surface area contributed by atoms with Crippen molar-refractivity contribution in [2.24, 2.45) is 9.98 Å².